The third-order valence-electron chi connectivity index (χ3n) is 2.90. The van der Waals surface area contributed by atoms with E-state index in [1.54, 1.807) is 12.3 Å². The van der Waals surface area contributed by atoms with Crippen LogP contribution >= 0.6 is 0 Å². The molecule has 0 fully saturated rings. The molecule has 0 aliphatic heterocycles. The topological polar surface area (TPSA) is 42.0 Å². The number of aromatic nitrogens is 1. The smallest absolute Gasteiger partial charge is 0.255 e. The van der Waals surface area contributed by atoms with Gasteiger partial charge in [-0.25, -0.2) is 0 Å². The van der Waals surface area contributed by atoms with E-state index in [1.807, 2.05) is 54.6 Å². The van der Waals surface area contributed by atoms with Crippen LogP contribution in [-0.4, -0.2) is 10.9 Å². The molecule has 0 aliphatic rings. The zero-order valence-electron chi connectivity index (χ0n) is 10.2. The summed E-state index contributed by atoms with van der Waals surface area (Å²) in [4.78, 5) is 16.4. The number of nitrogens with zero attached hydrogens (tertiary/aromatic N) is 1. The average Bonchev–Trinajstić information content (AvgIpc) is 2.48. The van der Waals surface area contributed by atoms with E-state index in [0.717, 1.165) is 16.6 Å². The highest BCUT2D eigenvalue weighted by Gasteiger charge is 2.06. The molecule has 0 radical (unpaired) electrons. The maximum absolute atomic E-state index is 12.1. The Balaban J connectivity index is 1.89. The summed E-state index contributed by atoms with van der Waals surface area (Å²) >= 11 is 0. The molecule has 3 aromatic rings. The fraction of sp³-hybridized carbons (Fsp3) is 0. The minimum atomic E-state index is -0.114. The van der Waals surface area contributed by atoms with E-state index >= 15 is 0 Å². The first-order valence-corrected chi connectivity index (χ1v) is 6.04. The van der Waals surface area contributed by atoms with E-state index in [1.165, 1.54) is 0 Å². The quantitative estimate of drug-likeness (QED) is 0.754. The van der Waals surface area contributed by atoms with Crippen molar-refractivity contribution in [1.29, 1.82) is 0 Å². The highest BCUT2D eigenvalue weighted by molar-refractivity contribution is 6.06. The number of carbonyl (C=O) groups is 1. The van der Waals surface area contributed by atoms with Crippen LogP contribution in [0, 0.1) is 0 Å². The molecule has 0 spiro atoms. The van der Waals surface area contributed by atoms with Crippen LogP contribution in [0.1, 0.15) is 10.4 Å². The predicted molar refractivity (Wildman–Crippen MR) is 76.1 cm³/mol. The highest BCUT2D eigenvalue weighted by Crippen LogP contribution is 2.15. The second-order valence-electron chi connectivity index (χ2n) is 4.23. The normalized spacial score (nSPS) is 10.3. The lowest BCUT2D eigenvalue weighted by Crippen LogP contribution is -2.11. The highest BCUT2D eigenvalue weighted by atomic mass is 16.1. The van der Waals surface area contributed by atoms with Crippen LogP contribution in [-0.2, 0) is 0 Å². The lowest BCUT2D eigenvalue weighted by atomic mass is 10.1. The Kier molecular flexibility index (Phi) is 2.94. The number of hydrogen-bond donors (Lipinski definition) is 1. The van der Waals surface area contributed by atoms with Crippen LogP contribution < -0.4 is 5.32 Å². The molecule has 92 valence electrons. The molecule has 0 aliphatic carbocycles. The molecule has 0 bridgehead atoms. The van der Waals surface area contributed by atoms with Crippen LogP contribution in [0.15, 0.2) is 66.9 Å². The number of fused-ring (bicyclic) bond motifs is 1. The minimum absolute atomic E-state index is 0.114. The van der Waals surface area contributed by atoms with Gasteiger partial charge in [0.1, 0.15) is 0 Å². The van der Waals surface area contributed by atoms with Crippen molar-refractivity contribution in [3.05, 3.63) is 72.4 Å². The number of hydrogen-bond acceptors (Lipinski definition) is 2. The summed E-state index contributed by atoms with van der Waals surface area (Å²) in [6.07, 6.45) is 1.74. The molecule has 3 heteroatoms. The van der Waals surface area contributed by atoms with Crippen molar-refractivity contribution in [3.8, 4) is 0 Å². The summed E-state index contributed by atoms with van der Waals surface area (Å²) in [6.45, 7) is 0. The molecule has 19 heavy (non-hydrogen) atoms. The van der Waals surface area contributed by atoms with Gasteiger partial charge in [-0.15, -0.1) is 0 Å². The van der Waals surface area contributed by atoms with Crippen LogP contribution in [0.3, 0.4) is 0 Å². The zero-order valence-corrected chi connectivity index (χ0v) is 10.2. The van der Waals surface area contributed by atoms with E-state index in [-0.39, 0.29) is 5.91 Å². The van der Waals surface area contributed by atoms with E-state index in [4.69, 9.17) is 0 Å². The first-order chi connectivity index (χ1) is 9.33. The van der Waals surface area contributed by atoms with Gasteiger partial charge in [0, 0.05) is 22.8 Å². The van der Waals surface area contributed by atoms with Gasteiger partial charge in [0.2, 0.25) is 0 Å². The van der Waals surface area contributed by atoms with Gasteiger partial charge in [0.25, 0.3) is 5.91 Å². The van der Waals surface area contributed by atoms with Gasteiger partial charge in [-0.05, 0) is 36.4 Å². The Morgan fingerprint density at radius 2 is 1.79 bits per heavy atom. The number of para-hydroxylation sites is 1. The number of nitrogens with one attached hydrogen (secondary N) is 1. The number of benzene rings is 2. The zero-order chi connectivity index (χ0) is 13.1. The molecular formula is C16H12N2O. The average molecular weight is 248 g/mol. The molecule has 2 aromatic carbocycles. The number of rotatable bonds is 2. The number of anilines is 1. The third kappa shape index (κ3) is 2.45. The Labute approximate surface area is 110 Å². The summed E-state index contributed by atoms with van der Waals surface area (Å²) < 4.78 is 0. The van der Waals surface area contributed by atoms with Crippen molar-refractivity contribution in [1.82, 2.24) is 4.98 Å². The maximum Gasteiger partial charge on any atom is 0.255 e. The van der Waals surface area contributed by atoms with Crippen LogP contribution in [0.4, 0.5) is 5.69 Å². The van der Waals surface area contributed by atoms with Gasteiger partial charge in [-0.1, -0.05) is 24.3 Å². The molecule has 1 heterocycles. The molecule has 1 N–H and O–H groups in total. The number of carbonyl (C=O) groups excluding carboxylic acids is 1. The second-order valence-corrected chi connectivity index (χ2v) is 4.23. The van der Waals surface area contributed by atoms with Crippen molar-refractivity contribution < 1.29 is 4.79 Å². The predicted octanol–water partition coefficient (Wildman–Crippen LogP) is 3.49. The second kappa shape index (κ2) is 4.90. The number of pyridine rings is 1. The van der Waals surface area contributed by atoms with Gasteiger partial charge in [-0.2, -0.15) is 0 Å². The molecule has 0 unspecified atom stereocenters. The lowest BCUT2D eigenvalue weighted by molar-refractivity contribution is 0.102. The van der Waals surface area contributed by atoms with E-state index in [0.29, 0.717) is 5.56 Å². The van der Waals surface area contributed by atoms with Gasteiger partial charge in [0.15, 0.2) is 0 Å². The lowest BCUT2D eigenvalue weighted by Gasteiger charge is -2.05. The van der Waals surface area contributed by atoms with Crippen molar-refractivity contribution in [2.24, 2.45) is 0 Å². The molecule has 0 saturated carbocycles. The first kappa shape index (κ1) is 11.4. The summed E-state index contributed by atoms with van der Waals surface area (Å²) in [7, 11) is 0. The van der Waals surface area contributed by atoms with Gasteiger partial charge in [0.05, 0.1) is 5.52 Å². The van der Waals surface area contributed by atoms with Crippen molar-refractivity contribution in [2.75, 3.05) is 5.32 Å². The van der Waals surface area contributed by atoms with Crippen molar-refractivity contribution >= 4 is 22.5 Å². The van der Waals surface area contributed by atoms with E-state index in [9.17, 15) is 4.79 Å². The maximum atomic E-state index is 12.1. The van der Waals surface area contributed by atoms with Gasteiger partial charge in [-0.3, -0.25) is 9.78 Å². The Morgan fingerprint density at radius 3 is 2.63 bits per heavy atom. The largest absolute Gasteiger partial charge is 0.322 e. The third-order valence-corrected chi connectivity index (χ3v) is 2.90. The Hall–Kier alpha value is -2.68. The summed E-state index contributed by atoms with van der Waals surface area (Å²) in [6, 6.07) is 18.7. The Morgan fingerprint density at radius 1 is 0.947 bits per heavy atom. The van der Waals surface area contributed by atoms with E-state index in [2.05, 4.69) is 10.3 Å². The first-order valence-electron chi connectivity index (χ1n) is 6.04. The van der Waals surface area contributed by atoms with Gasteiger partial charge < -0.3 is 5.32 Å². The summed E-state index contributed by atoms with van der Waals surface area (Å²) in [5, 5.41) is 3.82. The van der Waals surface area contributed by atoms with Crippen LogP contribution in [0.5, 0.6) is 0 Å². The molecule has 1 amide bonds. The summed E-state index contributed by atoms with van der Waals surface area (Å²) in [5.41, 5.74) is 2.31. The SMILES string of the molecule is O=C(Nc1ccccc1)c1ccc2ncccc2c1. The fourth-order valence-electron chi connectivity index (χ4n) is 1.94. The summed E-state index contributed by atoms with van der Waals surface area (Å²) in [5.74, 6) is -0.114. The minimum Gasteiger partial charge on any atom is -0.322 e. The molecule has 0 atom stereocenters. The monoisotopic (exact) mass is 248 g/mol. The van der Waals surface area contributed by atoms with Crippen molar-refractivity contribution in [3.63, 3.8) is 0 Å². The van der Waals surface area contributed by atoms with Crippen LogP contribution in [0.25, 0.3) is 10.9 Å². The van der Waals surface area contributed by atoms with E-state index < -0.39 is 0 Å². The molecule has 0 saturated heterocycles. The molecule has 3 rings (SSSR count). The Bertz CT molecular complexity index is 723. The molecule has 3 nitrogen and oxygen atoms in total. The standard InChI is InChI=1S/C16H12N2O/c19-16(18-14-6-2-1-3-7-14)13-8-9-15-12(11-13)5-4-10-17-15/h1-11H,(H,18,19). The van der Waals surface area contributed by atoms with Crippen molar-refractivity contribution in [2.45, 2.75) is 0 Å². The fourth-order valence-corrected chi connectivity index (χ4v) is 1.94. The van der Waals surface area contributed by atoms with Crippen LogP contribution in [0.2, 0.25) is 0 Å². The number of amides is 1. The van der Waals surface area contributed by atoms with Gasteiger partial charge >= 0.3 is 0 Å². The molecule has 1 aromatic heterocycles. The molecular weight excluding hydrogens is 236 g/mol.